The maximum Gasteiger partial charge on any atom is 0.254 e. The summed E-state index contributed by atoms with van der Waals surface area (Å²) in [4.78, 5) is 15.6. The Morgan fingerprint density at radius 2 is 2.21 bits per heavy atom. The first-order chi connectivity index (χ1) is 8.97. The molecule has 0 fully saturated rings. The Morgan fingerprint density at radius 3 is 2.84 bits per heavy atom. The number of nitrogen functional groups attached to an aromatic ring is 1. The number of halogens is 1. The summed E-state index contributed by atoms with van der Waals surface area (Å²) < 4.78 is 2.17. The van der Waals surface area contributed by atoms with Gasteiger partial charge in [-0.1, -0.05) is 28.1 Å². The van der Waals surface area contributed by atoms with E-state index in [4.69, 9.17) is 5.73 Å². The zero-order valence-electron chi connectivity index (χ0n) is 10.4. The van der Waals surface area contributed by atoms with Gasteiger partial charge in [-0.3, -0.25) is 9.36 Å². The average molecular weight is 324 g/mol. The summed E-state index contributed by atoms with van der Waals surface area (Å²) in [6.45, 7) is 0. The first kappa shape index (κ1) is 13.8. The van der Waals surface area contributed by atoms with E-state index in [2.05, 4.69) is 20.9 Å². The monoisotopic (exact) mass is 323 g/mol. The molecule has 0 spiro atoms. The zero-order valence-corrected chi connectivity index (χ0v) is 12.0. The number of anilines is 1. The van der Waals surface area contributed by atoms with Crippen molar-refractivity contribution in [2.45, 2.75) is 12.5 Å². The molecule has 2 aromatic rings. The van der Waals surface area contributed by atoms with Gasteiger partial charge < -0.3 is 10.8 Å². The number of aromatic nitrogens is 2. The summed E-state index contributed by atoms with van der Waals surface area (Å²) in [5.41, 5.74) is 6.57. The first-order valence-corrected chi connectivity index (χ1v) is 6.52. The topological polar surface area (TPSA) is 81.1 Å². The summed E-state index contributed by atoms with van der Waals surface area (Å²) in [7, 11) is 1.54. The molecular formula is C13H14BrN3O2. The molecule has 0 saturated carbocycles. The highest BCUT2D eigenvalue weighted by molar-refractivity contribution is 9.10. The number of aliphatic hydroxyl groups is 1. The van der Waals surface area contributed by atoms with Gasteiger partial charge in [-0.15, -0.1) is 0 Å². The molecule has 0 aliphatic rings. The molecule has 1 atom stereocenters. The number of nitrogens with two attached hydrogens (primary N) is 1. The molecule has 5 nitrogen and oxygen atoms in total. The number of aliphatic hydroxyl groups excluding tert-OH is 1. The molecule has 2 rings (SSSR count). The Kier molecular flexibility index (Phi) is 4.01. The lowest BCUT2D eigenvalue weighted by Crippen LogP contribution is -2.23. The molecule has 100 valence electrons. The van der Waals surface area contributed by atoms with Crippen molar-refractivity contribution in [3.63, 3.8) is 0 Å². The zero-order chi connectivity index (χ0) is 14.0. The van der Waals surface area contributed by atoms with Crippen LogP contribution in [-0.4, -0.2) is 14.7 Å². The van der Waals surface area contributed by atoms with E-state index >= 15 is 0 Å². The second kappa shape index (κ2) is 5.54. The van der Waals surface area contributed by atoms with Gasteiger partial charge in [0.05, 0.1) is 5.69 Å². The maximum atomic E-state index is 11.6. The highest BCUT2D eigenvalue weighted by Gasteiger charge is 2.13. The lowest BCUT2D eigenvalue weighted by molar-refractivity contribution is 0.173. The molecule has 1 aromatic heterocycles. The molecule has 0 bridgehead atoms. The Balaban J connectivity index is 2.25. The fraction of sp³-hybridized carbons (Fsp3) is 0.231. The van der Waals surface area contributed by atoms with Gasteiger partial charge in [0.25, 0.3) is 5.56 Å². The fourth-order valence-electron chi connectivity index (χ4n) is 1.74. The van der Waals surface area contributed by atoms with Gasteiger partial charge in [-0.25, -0.2) is 4.98 Å². The Bertz CT molecular complexity index is 655. The highest BCUT2D eigenvalue weighted by Crippen LogP contribution is 2.19. The minimum Gasteiger partial charge on any atom is -0.386 e. The van der Waals surface area contributed by atoms with Crippen LogP contribution in [0.15, 0.2) is 39.6 Å². The summed E-state index contributed by atoms with van der Waals surface area (Å²) in [5.74, 6) is 0.0933. The minimum absolute atomic E-state index is 0.0933. The molecule has 0 radical (unpaired) electrons. The standard InChI is InChI=1S/C13H14BrN3O2/c1-17-12(19)7-10(16-13(17)15)11(18)6-8-3-2-4-9(14)5-8/h2-5,7,11,18H,6H2,1H3,(H2,15,16). The second-order valence-electron chi connectivity index (χ2n) is 4.29. The van der Waals surface area contributed by atoms with Gasteiger partial charge in [0.1, 0.15) is 6.10 Å². The van der Waals surface area contributed by atoms with Crippen LogP contribution in [0, 0.1) is 0 Å². The van der Waals surface area contributed by atoms with E-state index in [0.29, 0.717) is 12.1 Å². The van der Waals surface area contributed by atoms with Crippen LogP contribution < -0.4 is 11.3 Å². The molecule has 1 unspecified atom stereocenters. The number of rotatable bonds is 3. The van der Waals surface area contributed by atoms with Gasteiger partial charge in [-0.2, -0.15) is 0 Å². The van der Waals surface area contributed by atoms with Crippen molar-refractivity contribution in [1.29, 1.82) is 0 Å². The van der Waals surface area contributed by atoms with Crippen LogP contribution in [0.4, 0.5) is 5.95 Å². The number of benzene rings is 1. The van der Waals surface area contributed by atoms with Gasteiger partial charge in [0, 0.05) is 24.0 Å². The van der Waals surface area contributed by atoms with E-state index in [1.54, 1.807) is 0 Å². The predicted molar refractivity (Wildman–Crippen MR) is 76.7 cm³/mol. The normalized spacial score (nSPS) is 12.4. The molecule has 1 aromatic carbocycles. The molecule has 3 N–H and O–H groups in total. The van der Waals surface area contributed by atoms with Crippen molar-refractivity contribution in [1.82, 2.24) is 9.55 Å². The average Bonchev–Trinajstić information content (AvgIpc) is 2.35. The highest BCUT2D eigenvalue weighted by atomic mass is 79.9. The quantitative estimate of drug-likeness (QED) is 0.894. The predicted octanol–water partition coefficient (Wildman–Crippen LogP) is 1.40. The van der Waals surface area contributed by atoms with E-state index in [1.165, 1.54) is 17.7 Å². The second-order valence-corrected chi connectivity index (χ2v) is 5.20. The van der Waals surface area contributed by atoms with Crippen LogP contribution in [0.1, 0.15) is 17.4 Å². The molecular weight excluding hydrogens is 310 g/mol. The molecule has 0 saturated heterocycles. The van der Waals surface area contributed by atoms with Gasteiger partial charge in [-0.05, 0) is 17.7 Å². The minimum atomic E-state index is -0.856. The molecule has 0 aliphatic heterocycles. The van der Waals surface area contributed by atoms with E-state index in [0.717, 1.165) is 10.0 Å². The molecule has 6 heteroatoms. The third-order valence-electron chi connectivity index (χ3n) is 2.85. The van der Waals surface area contributed by atoms with Gasteiger partial charge in [0.2, 0.25) is 5.95 Å². The van der Waals surface area contributed by atoms with Crippen molar-refractivity contribution in [2.24, 2.45) is 7.05 Å². The SMILES string of the molecule is Cn1c(N)nc(C(O)Cc2cccc(Br)c2)cc1=O. The number of hydrogen-bond donors (Lipinski definition) is 2. The number of nitrogens with zero attached hydrogens (tertiary/aromatic N) is 2. The van der Waals surface area contributed by atoms with Gasteiger partial charge >= 0.3 is 0 Å². The van der Waals surface area contributed by atoms with Crippen LogP contribution in [0.3, 0.4) is 0 Å². The van der Waals surface area contributed by atoms with Gasteiger partial charge in [0.15, 0.2) is 0 Å². The Hall–Kier alpha value is -1.66. The van der Waals surface area contributed by atoms with Crippen molar-refractivity contribution >= 4 is 21.9 Å². The summed E-state index contributed by atoms with van der Waals surface area (Å²) >= 11 is 3.37. The fourth-order valence-corrected chi connectivity index (χ4v) is 2.18. The van der Waals surface area contributed by atoms with Crippen molar-refractivity contribution < 1.29 is 5.11 Å². The van der Waals surface area contributed by atoms with Crippen LogP contribution in [-0.2, 0) is 13.5 Å². The first-order valence-electron chi connectivity index (χ1n) is 5.73. The Morgan fingerprint density at radius 1 is 1.47 bits per heavy atom. The van der Waals surface area contributed by atoms with E-state index in [9.17, 15) is 9.90 Å². The number of hydrogen-bond acceptors (Lipinski definition) is 4. The molecule has 1 heterocycles. The van der Waals surface area contributed by atoms with Crippen molar-refractivity contribution in [3.8, 4) is 0 Å². The lowest BCUT2D eigenvalue weighted by Gasteiger charge is -2.12. The summed E-state index contributed by atoms with van der Waals surface area (Å²) in [6, 6.07) is 8.91. The molecule has 0 aliphatic carbocycles. The van der Waals surface area contributed by atoms with Crippen LogP contribution in [0.25, 0.3) is 0 Å². The van der Waals surface area contributed by atoms with E-state index < -0.39 is 6.10 Å². The van der Waals surface area contributed by atoms with Crippen LogP contribution >= 0.6 is 15.9 Å². The third kappa shape index (κ3) is 3.21. The summed E-state index contributed by atoms with van der Waals surface area (Å²) in [6.07, 6.45) is -0.482. The maximum absolute atomic E-state index is 11.6. The van der Waals surface area contributed by atoms with Crippen LogP contribution in [0.2, 0.25) is 0 Å². The third-order valence-corrected chi connectivity index (χ3v) is 3.34. The summed E-state index contributed by atoms with van der Waals surface area (Å²) in [5, 5.41) is 10.1. The largest absolute Gasteiger partial charge is 0.386 e. The lowest BCUT2D eigenvalue weighted by atomic mass is 10.1. The van der Waals surface area contributed by atoms with Crippen molar-refractivity contribution in [3.05, 3.63) is 56.4 Å². The molecule has 0 amide bonds. The van der Waals surface area contributed by atoms with Crippen molar-refractivity contribution in [2.75, 3.05) is 5.73 Å². The Labute approximate surface area is 118 Å². The van der Waals surface area contributed by atoms with E-state index in [-0.39, 0.29) is 11.5 Å². The van der Waals surface area contributed by atoms with Crippen LogP contribution in [0.5, 0.6) is 0 Å². The molecule has 19 heavy (non-hydrogen) atoms. The smallest absolute Gasteiger partial charge is 0.254 e. The van der Waals surface area contributed by atoms with E-state index in [1.807, 2.05) is 24.3 Å².